The van der Waals surface area contributed by atoms with Crippen molar-refractivity contribution < 1.29 is 13.9 Å². The van der Waals surface area contributed by atoms with Crippen molar-refractivity contribution in [2.45, 2.75) is 6.54 Å². The molecule has 0 saturated heterocycles. The summed E-state index contributed by atoms with van der Waals surface area (Å²) >= 11 is 11.9. The molecular formula is C19H18Cl2N4O3. The van der Waals surface area contributed by atoms with Crippen molar-refractivity contribution in [3.8, 4) is 17.2 Å². The quantitative estimate of drug-likeness (QED) is 0.618. The van der Waals surface area contributed by atoms with Crippen molar-refractivity contribution >= 4 is 34.8 Å². The summed E-state index contributed by atoms with van der Waals surface area (Å²) in [6.45, 7) is 0.440. The Bertz CT molecular complexity index is 960. The second kappa shape index (κ2) is 9.05. The Morgan fingerprint density at radius 3 is 2.57 bits per heavy atom. The third-order valence-electron chi connectivity index (χ3n) is 3.81. The molecule has 0 unspecified atom stereocenters. The molecule has 1 heterocycles. The lowest BCUT2D eigenvalue weighted by Gasteiger charge is -2.15. The number of likely N-dealkylation sites (N-methyl/N-ethyl adjacent to an activating group) is 1. The average Bonchev–Trinajstić information content (AvgIpc) is 3.10. The molecule has 7 nitrogen and oxygen atoms in total. The fourth-order valence-corrected chi connectivity index (χ4v) is 2.82. The third kappa shape index (κ3) is 5.22. The summed E-state index contributed by atoms with van der Waals surface area (Å²) in [5.41, 5.74) is 1.29. The van der Waals surface area contributed by atoms with E-state index in [9.17, 15) is 4.79 Å². The first-order chi connectivity index (χ1) is 13.4. The molecule has 146 valence electrons. The number of rotatable bonds is 7. The van der Waals surface area contributed by atoms with Crippen molar-refractivity contribution in [1.29, 1.82) is 0 Å². The van der Waals surface area contributed by atoms with Gasteiger partial charge in [0.05, 0.1) is 25.9 Å². The third-order valence-corrected chi connectivity index (χ3v) is 4.30. The summed E-state index contributed by atoms with van der Waals surface area (Å²) in [6, 6.07) is 12.1. The number of halogens is 2. The molecule has 0 aliphatic carbocycles. The standard InChI is InChI=1S/C19H18Cl2N4O3/c1-25(10-17(26)22-15-9-14(21)7-8-16(15)27-2)11-18-23-24-19(28-18)12-3-5-13(20)6-4-12/h3-9H,10-11H2,1-2H3,(H,22,26). The van der Waals surface area contributed by atoms with Crippen LogP contribution in [0.15, 0.2) is 46.9 Å². The van der Waals surface area contributed by atoms with E-state index in [-0.39, 0.29) is 12.5 Å². The maximum absolute atomic E-state index is 12.3. The molecule has 1 amide bonds. The van der Waals surface area contributed by atoms with E-state index < -0.39 is 0 Å². The van der Waals surface area contributed by atoms with Gasteiger partial charge in [0.15, 0.2) is 0 Å². The van der Waals surface area contributed by atoms with Gasteiger partial charge in [-0.15, -0.1) is 10.2 Å². The number of benzene rings is 2. The molecule has 3 rings (SSSR count). The largest absolute Gasteiger partial charge is 0.495 e. The minimum absolute atomic E-state index is 0.119. The van der Waals surface area contributed by atoms with Crippen LogP contribution >= 0.6 is 23.2 Å². The van der Waals surface area contributed by atoms with Gasteiger partial charge in [0, 0.05) is 15.6 Å². The predicted octanol–water partition coefficient (Wildman–Crippen LogP) is 4.12. The zero-order valence-corrected chi connectivity index (χ0v) is 16.8. The lowest BCUT2D eigenvalue weighted by molar-refractivity contribution is -0.117. The van der Waals surface area contributed by atoms with E-state index in [2.05, 4.69) is 15.5 Å². The molecule has 1 N–H and O–H groups in total. The van der Waals surface area contributed by atoms with Crippen LogP contribution in [0.25, 0.3) is 11.5 Å². The van der Waals surface area contributed by atoms with Crippen LogP contribution < -0.4 is 10.1 Å². The molecule has 1 aromatic heterocycles. The molecule has 0 fully saturated rings. The van der Waals surface area contributed by atoms with E-state index in [1.165, 1.54) is 7.11 Å². The Morgan fingerprint density at radius 1 is 1.14 bits per heavy atom. The first-order valence-electron chi connectivity index (χ1n) is 8.35. The highest BCUT2D eigenvalue weighted by molar-refractivity contribution is 6.31. The van der Waals surface area contributed by atoms with Crippen LogP contribution in [0.1, 0.15) is 5.89 Å². The number of hydrogen-bond donors (Lipinski definition) is 1. The van der Waals surface area contributed by atoms with E-state index in [0.717, 1.165) is 5.56 Å². The molecule has 0 spiro atoms. The monoisotopic (exact) mass is 420 g/mol. The topological polar surface area (TPSA) is 80.5 Å². The second-order valence-electron chi connectivity index (χ2n) is 6.07. The number of hydrogen-bond acceptors (Lipinski definition) is 6. The van der Waals surface area contributed by atoms with E-state index in [1.54, 1.807) is 54.4 Å². The minimum atomic E-state index is -0.222. The summed E-state index contributed by atoms with van der Waals surface area (Å²) in [6.07, 6.45) is 0. The van der Waals surface area contributed by atoms with Gasteiger partial charge in [0.2, 0.25) is 17.7 Å². The molecule has 28 heavy (non-hydrogen) atoms. The van der Waals surface area contributed by atoms with Crippen LogP contribution in [0.3, 0.4) is 0 Å². The molecule has 0 aliphatic rings. The highest BCUT2D eigenvalue weighted by Gasteiger charge is 2.14. The number of amides is 1. The smallest absolute Gasteiger partial charge is 0.247 e. The van der Waals surface area contributed by atoms with Gasteiger partial charge in [0.1, 0.15) is 5.75 Å². The van der Waals surface area contributed by atoms with E-state index >= 15 is 0 Å². The maximum atomic E-state index is 12.3. The maximum Gasteiger partial charge on any atom is 0.247 e. The highest BCUT2D eigenvalue weighted by atomic mass is 35.5. The number of nitrogens with one attached hydrogen (secondary N) is 1. The van der Waals surface area contributed by atoms with Gasteiger partial charge in [0.25, 0.3) is 0 Å². The van der Waals surface area contributed by atoms with Crippen molar-refractivity contribution in [2.75, 3.05) is 26.0 Å². The number of anilines is 1. The van der Waals surface area contributed by atoms with Gasteiger partial charge in [-0.3, -0.25) is 9.69 Å². The van der Waals surface area contributed by atoms with E-state index in [0.29, 0.717) is 39.8 Å². The highest BCUT2D eigenvalue weighted by Crippen LogP contribution is 2.27. The average molecular weight is 421 g/mol. The Labute approximate surface area is 172 Å². The lowest BCUT2D eigenvalue weighted by Crippen LogP contribution is -2.30. The van der Waals surface area contributed by atoms with Crippen LogP contribution in [-0.4, -0.2) is 41.7 Å². The predicted molar refractivity (Wildman–Crippen MR) is 108 cm³/mol. The second-order valence-corrected chi connectivity index (χ2v) is 6.95. The molecular weight excluding hydrogens is 403 g/mol. The van der Waals surface area contributed by atoms with Gasteiger partial charge in [-0.05, 0) is 49.5 Å². The van der Waals surface area contributed by atoms with Crippen molar-refractivity contribution in [2.24, 2.45) is 0 Å². The fraction of sp³-hybridized carbons (Fsp3) is 0.211. The molecule has 0 radical (unpaired) electrons. The summed E-state index contributed by atoms with van der Waals surface area (Å²) in [7, 11) is 3.31. The molecule has 0 atom stereocenters. The van der Waals surface area contributed by atoms with Crippen LogP contribution in [0.2, 0.25) is 10.0 Å². The number of carbonyl (C=O) groups is 1. The molecule has 0 aliphatic heterocycles. The summed E-state index contributed by atoms with van der Waals surface area (Å²) in [5.74, 6) is 1.11. The summed E-state index contributed by atoms with van der Waals surface area (Å²) < 4.78 is 10.9. The zero-order chi connectivity index (χ0) is 20.1. The van der Waals surface area contributed by atoms with Crippen LogP contribution in [0.4, 0.5) is 5.69 Å². The number of methoxy groups -OCH3 is 1. The van der Waals surface area contributed by atoms with E-state index in [1.807, 2.05) is 0 Å². The summed E-state index contributed by atoms with van der Waals surface area (Å²) in [4.78, 5) is 14.1. The first-order valence-corrected chi connectivity index (χ1v) is 9.10. The van der Waals surface area contributed by atoms with Crippen LogP contribution in [0.5, 0.6) is 5.75 Å². The Balaban J connectivity index is 1.58. The molecule has 0 saturated carbocycles. The normalized spacial score (nSPS) is 10.9. The fourth-order valence-electron chi connectivity index (χ4n) is 2.53. The SMILES string of the molecule is COc1ccc(Cl)cc1NC(=O)CN(C)Cc1nnc(-c2ccc(Cl)cc2)o1. The van der Waals surface area contributed by atoms with E-state index in [4.69, 9.17) is 32.4 Å². The Kier molecular flexibility index (Phi) is 6.51. The molecule has 9 heteroatoms. The molecule has 2 aromatic carbocycles. The molecule has 3 aromatic rings. The number of carbonyl (C=O) groups excluding carboxylic acids is 1. The number of ether oxygens (including phenoxy) is 1. The van der Waals surface area contributed by atoms with Gasteiger partial charge in [-0.1, -0.05) is 23.2 Å². The zero-order valence-electron chi connectivity index (χ0n) is 15.3. The Hall–Kier alpha value is -2.61. The van der Waals surface area contributed by atoms with Crippen molar-refractivity contribution in [3.05, 3.63) is 58.4 Å². The van der Waals surface area contributed by atoms with Crippen molar-refractivity contribution in [1.82, 2.24) is 15.1 Å². The van der Waals surface area contributed by atoms with Gasteiger partial charge in [-0.2, -0.15) is 0 Å². The first kappa shape index (κ1) is 20.1. The minimum Gasteiger partial charge on any atom is -0.495 e. The van der Waals surface area contributed by atoms with Crippen molar-refractivity contribution in [3.63, 3.8) is 0 Å². The van der Waals surface area contributed by atoms with Gasteiger partial charge in [-0.25, -0.2) is 0 Å². The Morgan fingerprint density at radius 2 is 1.86 bits per heavy atom. The lowest BCUT2D eigenvalue weighted by atomic mass is 10.2. The molecule has 0 bridgehead atoms. The number of nitrogens with zero attached hydrogens (tertiary/aromatic N) is 3. The number of aromatic nitrogens is 2. The van der Waals surface area contributed by atoms with Gasteiger partial charge < -0.3 is 14.5 Å². The van der Waals surface area contributed by atoms with Gasteiger partial charge >= 0.3 is 0 Å². The van der Waals surface area contributed by atoms with Crippen LogP contribution in [0, 0.1) is 0 Å². The van der Waals surface area contributed by atoms with Crippen LogP contribution in [-0.2, 0) is 11.3 Å². The summed E-state index contributed by atoms with van der Waals surface area (Å²) in [5, 5.41) is 12.0.